The number of hydrogen-bond acceptors (Lipinski definition) is 2. The van der Waals surface area contributed by atoms with Crippen molar-refractivity contribution in [3.63, 3.8) is 0 Å². The van der Waals surface area contributed by atoms with Gasteiger partial charge in [-0.05, 0) is 71.5 Å². The van der Waals surface area contributed by atoms with E-state index in [2.05, 4.69) is 38.0 Å². The van der Waals surface area contributed by atoms with Crippen molar-refractivity contribution in [3.05, 3.63) is 0 Å². The lowest BCUT2D eigenvalue weighted by molar-refractivity contribution is 0.160. The first-order chi connectivity index (χ1) is 8.67. The molecular weight excluding hydrogens is 220 g/mol. The molecule has 0 spiro atoms. The molecule has 0 bridgehead atoms. The second kappa shape index (κ2) is 8.92. The summed E-state index contributed by atoms with van der Waals surface area (Å²) >= 11 is 0. The summed E-state index contributed by atoms with van der Waals surface area (Å²) in [6.45, 7) is 9.21. The third-order valence-electron chi connectivity index (χ3n) is 4.72. The van der Waals surface area contributed by atoms with Gasteiger partial charge in [0, 0.05) is 12.1 Å². The van der Waals surface area contributed by atoms with Gasteiger partial charge in [-0.25, -0.2) is 0 Å². The molecule has 0 aromatic heterocycles. The van der Waals surface area contributed by atoms with Crippen LogP contribution in [-0.2, 0) is 0 Å². The quantitative estimate of drug-likeness (QED) is 0.711. The van der Waals surface area contributed by atoms with Crippen LogP contribution < -0.4 is 5.32 Å². The lowest BCUT2D eigenvalue weighted by Gasteiger charge is -2.34. The smallest absolute Gasteiger partial charge is 0.00924 e. The van der Waals surface area contributed by atoms with E-state index in [9.17, 15) is 0 Å². The lowest BCUT2D eigenvalue weighted by Crippen LogP contribution is -2.36. The van der Waals surface area contributed by atoms with Gasteiger partial charge in [-0.15, -0.1) is 0 Å². The predicted octanol–water partition coefficient (Wildman–Crippen LogP) is 3.67. The summed E-state index contributed by atoms with van der Waals surface area (Å²) in [6, 6.07) is 1.54. The minimum atomic E-state index is 0.680. The molecule has 0 amide bonds. The van der Waals surface area contributed by atoms with E-state index in [-0.39, 0.29) is 0 Å². The maximum Gasteiger partial charge on any atom is 0.00924 e. The molecular formula is C16H34N2. The van der Waals surface area contributed by atoms with Crippen molar-refractivity contribution >= 4 is 0 Å². The summed E-state index contributed by atoms with van der Waals surface area (Å²) in [5, 5.41) is 3.49. The molecule has 1 unspecified atom stereocenters. The van der Waals surface area contributed by atoms with Crippen molar-refractivity contribution in [2.24, 2.45) is 5.92 Å². The van der Waals surface area contributed by atoms with E-state index in [1.165, 1.54) is 51.5 Å². The van der Waals surface area contributed by atoms with Crippen molar-refractivity contribution in [1.29, 1.82) is 0 Å². The molecule has 18 heavy (non-hydrogen) atoms. The van der Waals surface area contributed by atoms with Crippen LogP contribution in [0, 0.1) is 5.92 Å². The van der Waals surface area contributed by atoms with Gasteiger partial charge in [0.25, 0.3) is 0 Å². The van der Waals surface area contributed by atoms with Crippen LogP contribution in [0.2, 0.25) is 0 Å². The van der Waals surface area contributed by atoms with Crippen molar-refractivity contribution in [2.75, 3.05) is 20.1 Å². The van der Waals surface area contributed by atoms with Crippen LogP contribution in [0.1, 0.15) is 65.7 Å². The van der Waals surface area contributed by atoms with Crippen LogP contribution in [0.5, 0.6) is 0 Å². The van der Waals surface area contributed by atoms with E-state index in [0.717, 1.165) is 18.5 Å². The van der Waals surface area contributed by atoms with Crippen molar-refractivity contribution in [2.45, 2.75) is 77.8 Å². The molecule has 1 fully saturated rings. The normalized spacial score (nSPS) is 26.5. The first-order valence-corrected chi connectivity index (χ1v) is 8.10. The van der Waals surface area contributed by atoms with Gasteiger partial charge in [0.05, 0.1) is 0 Å². The van der Waals surface area contributed by atoms with E-state index < -0.39 is 0 Å². The number of nitrogens with one attached hydrogen (secondary N) is 1. The minimum Gasteiger partial charge on any atom is -0.315 e. The zero-order chi connectivity index (χ0) is 13.4. The highest BCUT2D eigenvalue weighted by molar-refractivity contribution is 4.77. The topological polar surface area (TPSA) is 15.3 Å². The Labute approximate surface area is 115 Å². The van der Waals surface area contributed by atoms with Gasteiger partial charge < -0.3 is 10.2 Å². The third-order valence-corrected chi connectivity index (χ3v) is 4.72. The molecule has 2 heteroatoms. The molecule has 108 valence electrons. The number of nitrogens with zero attached hydrogens (tertiary/aromatic N) is 1. The van der Waals surface area contributed by atoms with Crippen molar-refractivity contribution in [1.82, 2.24) is 10.2 Å². The highest BCUT2D eigenvalue weighted by atomic mass is 15.1. The SMILES string of the molecule is CCNC(C)CCCN(C)C1CCC(CC)CC1. The monoisotopic (exact) mass is 254 g/mol. The van der Waals surface area contributed by atoms with E-state index >= 15 is 0 Å². The molecule has 0 aliphatic heterocycles. The van der Waals surface area contributed by atoms with Crippen LogP contribution in [0.4, 0.5) is 0 Å². The zero-order valence-electron chi connectivity index (χ0n) is 13.0. The number of hydrogen-bond donors (Lipinski definition) is 1. The zero-order valence-corrected chi connectivity index (χ0v) is 13.0. The van der Waals surface area contributed by atoms with E-state index in [1.54, 1.807) is 0 Å². The Bertz CT molecular complexity index is 197. The molecule has 0 aromatic carbocycles. The molecule has 1 atom stereocenters. The van der Waals surface area contributed by atoms with Crippen molar-refractivity contribution in [3.8, 4) is 0 Å². The van der Waals surface area contributed by atoms with Crippen LogP contribution in [0.25, 0.3) is 0 Å². The van der Waals surface area contributed by atoms with Gasteiger partial charge in [-0.1, -0.05) is 20.3 Å². The summed E-state index contributed by atoms with van der Waals surface area (Å²) in [7, 11) is 2.33. The van der Waals surface area contributed by atoms with E-state index in [4.69, 9.17) is 0 Å². The van der Waals surface area contributed by atoms with Crippen LogP contribution in [0.15, 0.2) is 0 Å². The number of rotatable bonds is 8. The van der Waals surface area contributed by atoms with Gasteiger partial charge in [0.2, 0.25) is 0 Å². The molecule has 2 nitrogen and oxygen atoms in total. The highest BCUT2D eigenvalue weighted by Gasteiger charge is 2.22. The molecule has 0 radical (unpaired) electrons. The summed E-state index contributed by atoms with van der Waals surface area (Å²) in [4.78, 5) is 2.62. The summed E-state index contributed by atoms with van der Waals surface area (Å²) in [5.41, 5.74) is 0. The maximum atomic E-state index is 3.49. The van der Waals surface area contributed by atoms with E-state index in [0.29, 0.717) is 6.04 Å². The largest absolute Gasteiger partial charge is 0.315 e. The van der Waals surface area contributed by atoms with Gasteiger partial charge in [0.15, 0.2) is 0 Å². The predicted molar refractivity (Wildman–Crippen MR) is 81.0 cm³/mol. The fraction of sp³-hybridized carbons (Fsp3) is 1.00. The second-order valence-electron chi connectivity index (χ2n) is 6.16. The Hall–Kier alpha value is -0.0800. The van der Waals surface area contributed by atoms with E-state index in [1.807, 2.05) is 0 Å². The molecule has 0 heterocycles. The van der Waals surface area contributed by atoms with Gasteiger partial charge in [-0.2, -0.15) is 0 Å². The molecule has 0 saturated heterocycles. The fourth-order valence-electron chi connectivity index (χ4n) is 3.27. The van der Waals surface area contributed by atoms with Crippen molar-refractivity contribution < 1.29 is 0 Å². The average Bonchev–Trinajstić information content (AvgIpc) is 2.39. The molecule has 1 aliphatic carbocycles. The van der Waals surface area contributed by atoms with Crippen LogP contribution in [-0.4, -0.2) is 37.1 Å². The van der Waals surface area contributed by atoms with Gasteiger partial charge >= 0.3 is 0 Å². The molecule has 0 aromatic rings. The third kappa shape index (κ3) is 5.71. The van der Waals surface area contributed by atoms with Crippen LogP contribution in [0.3, 0.4) is 0 Å². The second-order valence-corrected chi connectivity index (χ2v) is 6.16. The Morgan fingerprint density at radius 2 is 1.83 bits per heavy atom. The fourth-order valence-corrected chi connectivity index (χ4v) is 3.27. The molecule has 1 N–H and O–H groups in total. The summed E-state index contributed by atoms with van der Waals surface area (Å²) < 4.78 is 0. The Balaban J connectivity index is 2.11. The standard InChI is InChI=1S/C16H34N2/c1-5-15-9-11-16(12-10-15)18(4)13-7-8-14(3)17-6-2/h14-17H,5-13H2,1-4H3. The molecule has 1 aliphatic rings. The first-order valence-electron chi connectivity index (χ1n) is 8.10. The lowest BCUT2D eigenvalue weighted by atomic mass is 9.84. The first kappa shape index (κ1) is 16.0. The minimum absolute atomic E-state index is 0.680. The maximum absolute atomic E-state index is 3.49. The average molecular weight is 254 g/mol. The molecule has 1 rings (SSSR count). The van der Waals surface area contributed by atoms with Gasteiger partial charge in [-0.3, -0.25) is 0 Å². The Kier molecular flexibility index (Phi) is 7.92. The van der Waals surface area contributed by atoms with Gasteiger partial charge in [0.1, 0.15) is 0 Å². The molecule has 1 saturated carbocycles. The van der Waals surface area contributed by atoms with Crippen LogP contribution >= 0.6 is 0 Å². The highest BCUT2D eigenvalue weighted by Crippen LogP contribution is 2.28. The summed E-state index contributed by atoms with van der Waals surface area (Å²) in [5.74, 6) is 1.02. The summed E-state index contributed by atoms with van der Waals surface area (Å²) in [6.07, 6.45) is 9.80. The Morgan fingerprint density at radius 1 is 1.17 bits per heavy atom. The Morgan fingerprint density at radius 3 is 2.39 bits per heavy atom.